The fraction of sp³-hybridized carbons (Fsp3) is 0. The van der Waals surface area contributed by atoms with Crippen molar-refractivity contribution in [3.05, 3.63) is 78.1 Å². The molecule has 0 saturated heterocycles. The first kappa shape index (κ1) is 12.8. The first-order valence-corrected chi connectivity index (χ1v) is 5.73. The van der Waals surface area contributed by atoms with Gasteiger partial charge in [0.2, 0.25) is 0 Å². The molecule has 0 aliphatic heterocycles. The van der Waals surface area contributed by atoms with Crippen LogP contribution < -0.4 is 10.9 Å². The van der Waals surface area contributed by atoms with Crippen LogP contribution in [0.4, 0.5) is 4.39 Å². The van der Waals surface area contributed by atoms with Crippen molar-refractivity contribution in [1.29, 1.82) is 0 Å². The molecule has 0 unspecified atom stereocenters. The van der Waals surface area contributed by atoms with Crippen LogP contribution in [0.2, 0.25) is 0 Å². The van der Waals surface area contributed by atoms with Gasteiger partial charge in [0.15, 0.2) is 0 Å². The fourth-order valence-corrected chi connectivity index (χ4v) is 1.57. The number of carbonyl (C=O) groups is 1. The number of hydrogen-bond donors (Lipinski definition) is 2. The van der Waals surface area contributed by atoms with Crippen molar-refractivity contribution < 1.29 is 9.18 Å². The molecule has 2 aromatic carbocycles. The van der Waals surface area contributed by atoms with Gasteiger partial charge in [0.05, 0.1) is 5.70 Å². The first-order chi connectivity index (χ1) is 9.18. The van der Waals surface area contributed by atoms with Crippen molar-refractivity contribution in [2.45, 2.75) is 0 Å². The normalized spacial score (nSPS) is 9.74. The number of nitrogens with one attached hydrogen (secondary N) is 2. The molecule has 0 radical (unpaired) electrons. The lowest BCUT2D eigenvalue weighted by Gasteiger charge is -2.11. The van der Waals surface area contributed by atoms with Gasteiger partial charge in [0.1, 0.15) is 5.82 Å². The Morgan fingerprint density at radius 1 is 0.947 bits per heavy atom. The zero-order valence-corrected chi connectivity index (χ0v) is 10.2. The smallest absolute Gasteiger partial charge is 0.269 e. The van der Waals surface area contributed by atoms with Crippen LogP contribution in [0.5, 0.6) is 0 Å². The second kappa shape index (κ2) is 5.82. The lowest BCUT2D eigenvalue weighted by Crippen LogP contribution is -2.35. The van der Waals surface area contributed by atoms with Crippen molar-refractivity contribution in [2.75, 3.05) is 0 Å². The maximum Gasteiger partial charge on any atom is 0.269 e. The molecule has 0 aliphatic carbocycles. The minimum Gasteiger partial charge on any atom is -0.298 e. The van der Waals surface area contributed by atoms with Gasteiger partial charge in [-0.3, -0.25) is 15.6 Å². The van der Waals surface area contributed by atoms with Crippen LogP contribution in [-0.4, -0.2) is 5.91 Å². The molecule has 96 valence electrons. The average molecular weight is 256 g/mol. The Morgan fingerprint density at radius 3 is 2.26 bits per heavy atom. The predicted octanol–water partition coefficient (Wildman–Crippen LogP) is 2.73. The molecule has 0 saturated carbocycles. The minimum absolute atomic E-state index is 0.294. The van der Waals surface area contributed by atoms with Gasteiger partial charge in [-0.1, -0.05) is 36.9 Å². The molecule has 0 spiro atoms. The molecule has 3 nitrogen and oxygen atoms in total. The number of amides is 1. The third kappa shape index (κ3) is 3.19. The molecule has 0 heterocycles. The van der Waals surface area contributed by atoms with Crippen molar-refractivity contribution in [1.82, 2.24) is 10.9 Å². The first-order valence-electron chi connectivity index (χ1n) is 5.73. The number of hydrogen-bond acceptors (Lipinski definition) is 2. The Morgan fingerprint density at radius 2 is 1.58 bits per heavy atom. The van der Waals surface area contributed by atoms with Gasteiger partial charge in [-0.2, -0.15) is 0 Å². The largest absolute Gasteiger partial charge is 0.298 e. The third-order valence-electron chi connectivity index (χ3n) is 2.56. The summed E-state index contributed by atoms with van der Waals surface area (Å²) < 4.78 is 13.5. The van der Waals surface area contributed by atoms with Crippen molar-refractivity contribution in [3.8, 4) is 0 Å². The molecule has 19 heavy (non-hydrogen) atoms. The van der Waals surface area contributed by atoms with E-state index in [2.05, 4.69) is 17.4 Å². The molecule has 2 N–H and O–H groups in total. The van der Waals surface area contributed by atoms with Crippen LogP contribution in [0.25, 0.3) is 5.70 Å². The second-order valence-corrected chi connectivity index (χ2v) is 3.90. The van der Waals surface area contributed by atoms with Crippen LogP contribution in [0.15, 0.2) is 61.2 Å². The highest BCUT2D eigenvalue weighted by Gasteiger charge is 2.07. The Labute approximate surface area is 110 Å². The monoisotopic (exact) mass is 256 g/mol. The highest BCUT2D eigenvalue weighted by Crippen LogP contribution is 2.12. The summed E-state index contributed by atoms with van der Waals surface area (Å²) in [5.41, 5.74) is 6.19. The number of carbonyl (C=O) groups excluding carboxylic acids is 1. The number of benzene rings is 2. The van der Waals surface area contributed by atoms with Gasteiger partial charge in [-0.15, -0.1) is 0 Å². The maximum absolute atomic E-state index is 13.5. The van der Waals surface area contributed by atoms with E-state index in [9.17, 15) is 9.18 Å². The van der Waals surface area contributed by atoms with Gasteiger partial charge >= 0.3 is 0 Å². The molecule has 4 heteroatoms. The summed E-state index contributed by atoms with van der Waals surface area (Å²) in [5, 5.41) is 0. The van der Waals surface area contributed by atoms with Crippen LogP contribution in [-0.2, 0) is 0 Å². The average Bonchev–Trinajstić information content (AvgIpc) is 2.46. The molecular formula is C15H13FN2O. The van der Waals surface area contributed by atoms with Gasteiger partial charge in [-0.05, 0) is 24.3 Å². The van der Waals surface area contributed by atoms with Gasteiger partial charge in [0.25, 0.3) is 5.91 Å². The van der Waals surface area contributed by atoms with Crippen molar-refractivity contribution in [2.24, 2.45) is 0 Å². The van der Waals surface area contributed by atoms with Crippen molar-refractivity contribution >= 4 is 11.6 Å². The Kier molecular flexibility index (Phi) is 3.93. The molecule has 2 aromatic rings. The molecule has 0 fully saturated rings. The molecule has 0 aromatic heterocycles. The molecule has 0 bridgehead atoms. The van der Waals surface area contributed by atoms with E-state index in [1.165, 1.54) is 6.07 Å². The van der Waals surface area contributed by atoms with Gasteiger partial charge < -0.3 is 0 Å². The summed E-state index contributed by atoms with van der Waals surface area (Å²) in [6.45, 7) is 3.69. The Bertz CT molecular complexity index is 596. The van der Waals surface area contributed by atoms with E-state index in [0.717, 1.165) is 0 Å². The van der Waals surface area contributed by atoms with Crippen molar-refractivity contribution in [3.63, 3.8) is 0 Å². The fourth-order valence-electron chi connectivity index (χ4n) is 1.57. The summed E-state index contributed by atoms with van der Waals surface area (Å²) >= 11 is 0. The van der Waals surface area contributed by atoms with E-state index in [1.54, 1.807) is 42.5 Å². The lowest BCUT2D eigenvalue weighted by molar-refractivity contribution is 0.0942. The molecular weight excluding hydrogens is 243 g/mol. The van der Waals surface area contributed by atoms with E-state index in [-0.39, 0.29) is 5.91 Å². The van der Waals surface area contributed by atoms with Crippen LogP contribution >= 0.6 is 0 Å². The highest BCUT2D eigenvalue weighted by molar-refractivity contribution is 5.94. The SMILES string of the molecule is C=C(NNC(=O)c1ccccc1)c1ccccc1F. The number of halogens is 1. The summed E-state index contributed by atoms with van der Waals surface area (Å²) in [5.74, 6) is -0.702. The molecule has 1 amide bonds. The summed E-state index contributed by atoms with van der Waals surface area (Å²) in [6, 6.07) is 14.9. The van der Waals surface area contributed by atoms with Crippen LogP contribution in [0, 0.1) is 5.82 Å². The molecule has 0 atom stereocenters. The summed E-state index contributed by atoms with van der Waals surface area (Å²) in [7, 11) is 0. The molecule has 0 aliphatic rings. The lowest BCUT2D eigenvalue weighted by atomic mass is 10.2. The van der Waals surface area contributed by atoms with Crippen LogP contribution in [0.1, 0.15) is 15.9 Å². The number of hydrazine groups is 1. The maximum atomic E-state index is 13.5. The zero-order valence-electron chi connectivity index (χ0n) is 10.2. The Balaban J connectivity index is 1.98. The standard InChI is InChI=1S/C15H13FN2O/c1-11(13-9-5-6-10-14(13)16)17-18-15(19)12-7-3-2-4-8-12/h2-10,17H,1H2,(H,18,19). The van der Waals surface area contributed by atoms with E-state index in [4.69, 9.17) is 0 Å². The predicted molar refractivity (Wildman–Crippen MR) is 72.5 cm³/mol. The van der Waals surface area contributed by atoms with E-state index in [0.29, 0.717) is 16.8 Å². The topological polar surface area (TPSA) is 41.1 Å². The minimum atomic E-state index is -0.394. The second-order valence-electron chi connectivity index (χ2n) is 3.90. The summed E-state index contributed by atoms with van der Waals surface area (Å²) in [4.78, 5) is 11.8. The highest BCUT2D eigenvalue weighted by atomic mass is 19.1. The van der Waals surface area contributed by atoms with E-state index < -0.39 is 5.82 Å². The van der Waals surface area contributed by atoms with Gasteiger partial charge in [0, 0.05) is 11.1 Å². The third-order valence-corrected chi connectivity index (χ3v) is 2.56. The van der Waals surface area contributed by atoms with E-state index >= 15 is 0 Å². The number of rotatable bonds is 4. The quantitative estimate of drug-likeness (QED) is 0.826. The summed E-state index contributed by atoms with van der Waals surface area (Å²) in [6.07, 6.45) is 0. The van der Waals surface area contributed by atoms with Gasteiger partial charge in [-0.25, -0.2) is 4.39 Å². The van der Waals surface area contributed by atoms with Crippen LogP contribution in [0.3, 0.4) is 0 Å². The van der Waals surface area contributed by atoms with E-state index in [1.807, 2.05) is 6.07 Å². The zero-order chi connectivity index (χ0) is 13.7. The Hall–Kier alpha value is -2.62. The molecule has 2 rings (SSSR count).